The minimum absolute atomic E-state index is 0. The smallest absolute Gasteiger partial charge is 0.257 e. The normalized spacial score (nSPS) is 17.9. The summed E-state index contributed by atoms with van der Waals surface area (Å²) in [6.45, 7) is 1.99. The number of ether oxygens (including phenoxy) is 2. The molecule has 1 saturated heterocycles. The Hall–Kier alpha value is -1.46. The average Bonchev–Trinajstić information content (AvgIpc) is 2.82. The zero-order valence-electron chi connectivity index (χ0n) is 13.4. The standard InChI is InChI=1S/C16H24N2O3.ClH/c1-18(12-5-4-9-17-10-8-12)16(19)14-7-6-13(20-2)11-15(14)21-3;/h6-7,11-12,17H,4-5,8-10H2,1-3H3;1H. The van der Waals surface area contributed by atoms with Gasteiger partial charge in [0, 0.05) is 19.2 Å². The van der Waals surface area contributed by atoms with E-state index in [0.29, 0.717) is 17.1 Å². The summed E-state index contributed by atoms with van der Waals surface area (Å²) < 4.78 is 10.5. The van der Waals surface area contributed by atoms with Crippen LogP contribution in [0.2, 0.25) is 0 Å². The van der Waals surface area contributed by atoms with Gasteiger partial charge in [-0.2, -0.15) is 0 Å². The molecule has 124 valence electrons. The van der Waals surface area contributed by atoms with Crippen molar-refractivity contribution in [2.45, 2.75) is 25.3 Å². The molecule has 1 fully saturated rings. The second-order valence-electron chi connectivity index (χ2n) is 5.32. The van der Waals surface area contributed by atoms with Gasteiger partial charge in [-0.1, -0.05) is 0 Å². The lowest BCUT2D eigenvalue weighted by Gasteiger charge is -2.27. The SMILES string of the molecule is COc1ccc(C(=O)N(C)C2CCCNCC2)c(OC)c1.Cl. The van der Waals surface area contributed by atoms with E-state index in [4.69, 9.17) is 9.47 Å². The third-order valence-corrected chi connectivity index (χ3v) is 4.05. The largest absolute Gasteiger partial charge is 0.497 e. The monoisotopic (exact) mass is 328 g/mol. The molecular formula is C16H25ClN2O3. The number of rotatable bonds is 4. The molecule has 1 amide bonds. The van der Waals surface area contributed by atoms with Gasteiger partial charge in [-0.15, -0.1) is 12.4 Å². The van der Waals surface area contributed by atoms with Gasteiger partial charge >= 0.3 is 0 Å². The minimum Gasteiger partial charge on any atom is -0.497 e. The summed E-state index contributed by atoms with van der Waals surface area (Å²) >= 11 is 0. The maximum absolute atomic E-state index is 12.7. The number of methoxy groups -OCH3 is 2. The lowest BCUT2D eigenvalue weighted by molar-refractivity contribution is 0.0717. The number of nitrogens with one attached hydrogen (secondary N) is 1. The molecule has 1 atom stereocenters. The number of benzene rings is 1. The maximum Gasteiger partial charge on any atom is 0.257 e. The van der Waals surface area contributed by atoms with Crippen molar-refractivity contribution >= 4 is 18.3 Å². The van der Waals surface area contributed by atoms with Crippen LogP contribution in [-0.4, -0.2) is 51.2 Å². The third-order valence-electron chi connectivity index (χ3n) is 4.05. The summed E-state index contributed by atoms with van der Waals surface area (Å²) in [6.07, 6.45) is 3.12. The zero-order chi connectivity index (χ0) is 15.2. The van der Waals surface area contributed by atoms with E-state index < -0.39 is 0 Å². The van der Waals surface area contributed by atoms with Crippen LogP contribution in [0.15, 0.2) is 18.2 Å². The van der Waals surface area contributed by atoms with Crippen molar-refractivity contribution in [3.05, 3.63) is 23.8 Å². The van der Waals surface area contributed by atoms with Crippen LogP contribution in [-0.2, 0) is 0 Å². The van der Waals surface area contributed by atoms with E-state index in [-0.39, 0.29) is 24.4 Å². The van der Waals surface area contributed by atoms with E-state index in [0.717, 1.165) is 32.4 Å². The number of nitrogens with zero attached hydrogens (tertiary/aromatic N) is 1. The molecule has 0 aromatic heterocycles. The molecule has 1 aliphatic rings. The van der Waals surface area contributed by atoms with Crippen LogP contribution in [0.3, 0.4) is 0 Å². The van der Waals surface area contributed by atoms with Gasteiger partial charge in [-0.05, 0) is 44.5 Å². The highest BCUT2D eigenvalue weighted by molar-refractivity contribution is 5.97. The Labute approximate surface area is 138 Å². The van der Waals surface area contributed by atoms with Gasteiger partial charge in [-0.25, -0.2) is 0 Å². The Morgan fingerprint density at radius 1 is 1.23 bits per heavy atom. The second-order valence-corrected chi connectivity index (χ2v) is 5.32. The predicted octanol–water partition coefficient (Wildman–Crippen LogP) is 2.34. The van der Waals surface area contributed by atoms with Crippen LogP contribution in [0.25, 0.3) is 0 Å². The highest BCUT2D eigenvalue weighted by atomic mass is 35.5. The summed E-state index contributed by atoms with van der Waals surface area (Å²) in [5.74, 6) is 1.24. The molecule has 22 heavy (non-hydrogen) atoms. The van der Waals surface area contributed by atoms with Gasteiger partial charge in [-0.3, -0.25) is 4.79 Å². The third kappa shape index (κ3) is 4.27. The summed E-state index contributed by atoms with van der Waals surface area (Å²) in [6, 6.07) is 5.58. The topological polar surface area (TPSA) is 50.8 Å². The van der Waals surface area contributed by atoms with E-state index in [2.05, 4.69) is 5.32 Å². The molecule has 0 saturated carbocycles. The predicted molar refractivity (Wildman–Crippen MR) is 89.4 cm³/mol. The van der Waals surface area contributed by atoms with Crippen LogP contribution in [0.5, 0.6) is 11.5 Å². The zero-order valence-corrected chi connectivity index (χ0v) is 14.2. The lowest BCUT2D eigenvalue weighted by atomic mass is 10.1. The molecule has 2 rings (SSSR count). The molecule has 5 nitrogen and oxygen atoms in total. The average molecular weight is 329 g/mol. The van der Waals surface area contributed by atoms with Gasteiger partial charge in [0.25, 0.3) is 5.91 Å². The maximum atomic E-state index is 12.7. The molecule has 1 aliphatic heterocycles. The molecule has 0 radical (unpaired) electrons. The van der Waals surface area contributed by atoms with E-state index in [9.17, 15) is 4.79 Å². The Morgan fingerprint density at radius 2 is 2.00 bits per heavy atom. The van der Waals surface area contributed by atoms with Crippen molar-refractivity contribution in [3.8, 4) is 11.5 Å². The Bertz CT molecular complexity index is 488. The first-order valence-electron chi connectivity index (χ1n) is 7.37. The molecule has 1 heterocycles. The minimum atomic E-state index is 0. The fourth-order valence-corrected chi connectivity index (χ4v) is 2.72. The highest BCUT2D eigenvalue weighted by Crippen LogP contribution is 2.26. The number of hydrogen-bond acceptors (Lipinski definition) is 4. The number of carbonyl (C=O) groups is 1. The number of halogens is 1. The van der Waals surface area contributed by atoms with Crippen molar-refractivity contribution in [1.82, 2.24) is 10.2 Å². The number of amides is 1. The van der Waals surface area contributed by atoms with Crippen molar-refractivity contribution < 1.29 is 14.3 Å². The molecule has 0 aliphatic carbocycles. The Kier molecular flexibility index (Phi) is 7.48. The lowest BCUT2D eigenvalue weighted by Crippen LogP contribution is -2.37. The quantitative estimate of drug-likeness (QED) is 0.921. The van der Waals surface area contributed by atoms with E-state index >= 15 is 0 Å². The summed E-state index contributed by atoms with van der Waals surface area (Å²) in [4.78, 5) is 14.6. The van der Waals surface area contributed by atoms with Gasteiger partial charge in [0.15, 0.2) is 0 Å². The van der Waals surface area contributed by atoms with Crippen LogP contribution < -0.4 is 14.8 Å². The van der Waals surface area contributed by atoms with Crippen molar-refractivity contribution in [2.24, 2.45) is 0 Å². The summed E-state index contributed by atoms with van der Waals surface area (Å²) in [5, 5.41) is 3.37. The molecule has 1 aromatic rings. The first-order valence-corrected chi connectivity index (χ1v) is 7.37. The Balaban J connectivity index is 0.00000242. The highest BCUT2D eigenvalue weighted by Gasteiger charge is 2.24. The van der Waals surface area contributed by atoms with Crippen LogP contribution in [0, 0.1) is 0 Å². The molecule has 6 heteroatoms. The van der Waals surface area contributed by atoms with Gasteiger partial charge in [0.2, 0.25) is 0 Å². The van der Waals surface area contributed by atoms with Gasteiger partial charge in [0.1, 0.15) is 11.5 Å². The summed E-state index contributed by atoms with van der Waals surface area (Å²) in [5.41, 5.74) is 0.581. The second kappa shape index (κ2) is 8.86. The first-order chi connectivity index (χ1) is 10.2. The van der Waals surface area contributed by atoms with Crippen molar-refractivity contribution in [3.63, 3.8) is 0 Å². The Morgan fingerprint density at radius 3 is 2.68 bits per heavy atom. The fourth-order valence-electron chi connectivity index (χ4n) is 2.72. The van der Waals surface area contributed by atoms with Gasteiger partial charge in [0.05, 0.1) is 19.8 Å². The van der Waals surface area contributed by atoms with E-state index in [1.807, 2.05) is 11.9 Å². The molecule has 1 aromatic carbocycles. The van der Waals surface area contributed by atoms with Gasteiger partial charge < -0.3 is 19.7 Å². The van der Waals surface area contributed by atoms with E-state index in [1.54, 1.807) is 32.4 Å². The summed E-state index contributed by atoms with van der Waals surface area (Å²) in [7, 11) is 5.05. The van der Waals surface area contributed by atoms with E-state index in [1.165, 1.54) is 0 Å². The van der Waals surface area contributed by atoms with Crippen molar-refractivity contribution in [2.75, 3.05) is 34.4 Å². The molecule has 0 spiro atoms. The van der Waals surface area contributed by atoms with Crippen LogP contribution in [0.4, 0.5) is 0 Å². The van der Waals surface area contributed by atoms with Crippen LogP contribution in [0.1, 0.15) is 29.6 Å². The molecule has 0 bridgehead atoms. The van der Waals surface area contributed by atoms with Crippen LogP contribution >= 0.6 is 12.4 Å². The van der Waals surface area contributed by atoms with Crippen molar-refractivity contribution in [1.29, 1.82) is 0 Å². The first kappa shape index (κ1) is 18.6. The molecule has 1 unspecified atom stereocenters. The number of hydrogen-bond donors (Lipinski definition) is 1. The number of carbonyl (C=O) groups excluding carboxylic acids is 1. The molecular weight excluding hydrogens is 304 g/mol. The molecule has 1 N–H and O–H groups in total. The fraction of sp³-hybridized carbons (Fsp3) is 0.562.